The van der Waals surface area contributed by atoms with E-state index in [-0.39, 0.29) is 17.9 Å². The minimum atomic E-state index is -0.946. The predicted octanol–water partition coefficient (Wildman–Crippen LogP) is 2.00. The van der Waals surface area contributed by atoms with Crippen LogP contribution in [0.1, 0.15) is 19.8 Å². The third-order valence-electron chi connectivity index (χ3n) is 4.21. The van der Waals surface area contributed by atoms with Crippen LogP contribution in [0.25, 0.3) is 10.9 Å². The Labute approximate surface area is 126 Å². The van der Waals surface area contributed by atoms with Gasteiger partial charge in [-0.25, -0.2) is 18.7 Å². The molecule has 2 aromatic rings. The Morgan fingerprint density at radius 3 is 2.73 bits per heavy atom. The second-order valence-corrected chi connectivity index (χ2v) is 5.66. The highest BCUT2D eigenvalue weighted by Gasteiger charge is 2.30. The number of benzene rings is 1. The first-order chi connectivity index (χ1) is 10.5. The molecule has 116 valence electrons. The Morgan fingerprint density at radius 2 is 2.00 bits per heavy atom. The molecule has 1 aromatic carbocycles. The van der Waals surface area contributed by atoms with Crippen LogP contribution in [0.5, 0.6) is 0 Å². The van der Waals surface area contributed by atoms with Crippen LogP contribution in [0, 0.1) is 17.6 Å². The summed E-state index contributed by atoms with van der Waals surface area (Å²) in [5, 5.41) is 0.429. The molecule has 0 spiro atoms. The van der Waals surface area contributed by atoms with Crippen molar-refractivity contribution in [3.8, 4) is 0 Å². The molecular formula is C15H16F2N4O. The first kappa shape index (κ1) is 14.6. The molecule has 1 aliphatic heterocycles. The highest BCUT2D eigenvalue weighted by molar-refractivity contribution is 5.90. The lowest BCUT2D eigenvalue weighted by Crippen LogP contribution is -2.46. The van der Waals surface area contributed by atoms with Gasteiger partial charge in [0.1, 0.15) is 12.1 Å². The number of piperidine rings is 1. The maximum atomic E-state index is 13.6. The van der Waals surface area contributed by atoms with E-state index in [1.807, 2.05) is 11.8 Å². The van der Waals surface area contributed by atoms with Gasteiger partial charge in [-0.1, -0.05) is 0 Å². The number of fused-ring (bicyclic) bond motifs is 1. The molecule has 0 aliphatic carbocycles. The highest BCUT2D eigenvalue weighted by Crippen LogP contribution is 2.31. The lowest BCUT2D eigenvalue weighted by molar-refractivity contribution is -0.122. The molecule has 3 rings (SSSR count). The molecular weight excluding hydrogens is 290 g/mol. The van der Waals surface area contributed by atoms with Gasteiger partial charge in [0.25, 0.3) is 0 Å². The van der Waals surface area contributed by atoms with E-state index in [0.29, 0.717) is 23.3 Å². The maximum absolute atomic E-state index is 13.6. The highest BCUT2D eigenvalue weighted by atomic mass is 19.2. The van der Waals surface area contributed by atoms with Gasteiger partial charge >= 0.3 is 0 Å². The van der Waals surface area contributed by atoms with E-state index in [1.54, 1.807) is 0 Å². The number of amides is 1. The second-order valence-electron chi connectivity index (χ2n) is 5.66. The molecule has 22 heavy (non-hydrogen) atoms. The van der Waals surface area contributed by atoms with Crippen LogP contribution in [-0.2, 0) is 4.79 Å². The zero-order valence-electron chi connectivity index (χ0n) is 12.1. The Bertz CT molecular complexity index is 737. The van der Waals surface area contributed by atoms with Crippen LogP contribution in [0.4, 0.5) is 14.6 Å². The van der Waals surface area contributed by atoms with Crippen molar-refractivity contribution in [3.63, 3.8) is 0 Å². The van der Waals surface area contributed by atoms with Crippen molar-refractivity contribution in [3.05, 3.63) is 30.1 Å². The van der Waals surface area contributed by atoms with E-state index in [2.05, 4.69) is 9.97 Å². The van der Waals surface area contributed by atoms with Gasteiger partial charge in [0, 0.05) is 24.0 Å². The molecule has 1 aromatic heterocycles. The summed E-state index contributed by atoms with van der Waals surface area (Å²) in [5.41, 5.74) is 5.73. The third kappa shape index (κ3) is 2.47. The summed E-state index contributed by atoms with van der Waals surface area (Å²) in [6, 6.07) is 2.28. The van der Waals surface area contributed by atoms with E-state index in [0.717, 1.165) is 25.0 Å². The van der Waals surface area contributed by atoms with Crippen molar-refractivity contribution in [2.24, 2.45) is 11.7 Å². The van der Waals surface area contributed by atoms with E-state index in [9.17, 15) is 13.6 Å². The fourth-order valence-electron chi connectivity index (χ4n) is 2.90. The topological polar surface area (TPSA) is 72.1 Å². The van der Waals surface area contributed by atoms with Crippen LogP contribution in [0.2, 0.25) is 0 Å². The predicted molar refractivity (Wildman–Crippen MR) is 78.2 cm³/mol. The number of hydrogen-bond donors (Lipinski definition) is 1. The monoisotopic (exact) mass is 306 g/mol. The van der Waals surface area contributed by atoms with Gasteiger partial charge in [0.05, 0.1) is 11.4 Å². The van der Waals surface area contributed by atoms with Gasteiger partial charge in [-0.15, -0.1) is 0 Å². The lowest BCUT2D eigenvalue weighted by Gasteiger charge is -2.38. The van der Waals surface area contributed by atoms with Gasteiger partial charge in [-0.05, 0) is 25.8 Å². The Hall–Kier alpha value is -2.31. The van der Waals surface area contributed by atoms with Gasteiger partial charge in [0.2, 0.25) is 5.91 Å². The van der Waals surface area contributed by atoms with Crippen LogP contribution in [0.3, 0.4) is 0 Å². The number of halogens is 2. The Kier molecular flexibility index (Phi) is 3.64. The average Bonchev–Trinajstić information content (AvgIpc) is 2.48. The normalized spacial score (nSPS) is 22.0. The summed E-state index contributed by atoms with van der Waals surface area (Å²) in [7, 11) is 0. The molecule has 1 saturated heterocycles. The molecule has 7 heteroatoms. The van der Waals surface area contributed by atoms with Crippen molar-refractivity contribution in [2.75, 3.05) is 11.4 Å². The first-order valence-electron chi connectivity index (χ1n) is 7.13. The van der Waals surface area contributed by atoms with Crippen LogP contribution in [0.15, 0.2) is 18.5 Å². The van der Waals surface area contributed by atoms with Crippen molar-refractivity contribution in [2.45, 2.75) is 25.8 Å². The number of aromatic nitrogens is 2. The molecule has 2 N–H and O–H groups in total. The fraction of sp³-hybridized carbons (Fsp3) is 0.400. The minimum absolute atomic E-state index is 0.127. The van der Waals surface area contributed by atoms with Gasteiger partial charge in [-0.3, -0.25) is 4.79 Å². The smallest absolute Gasteiger partial charge is 0.222 e. The second kappa shape index (κ2) is 5.47. The van der Waals surface area contributed by atoms with Crippen molar-refractivity contribution in [1.82, 2.24) is 9.97 Å². The number of nitrogens with two attached hydrogens (primary N) is 1. The fourth-order valence-corrected chi connectivity index (χ4v) is 2.90. The Balaban J connectivity index is 2.08. The summed E-state index contributed by atoms with van der Waals surface area (Å²) < 4.78 is 26.9. The van der Waals surface area contributed by atoms with Gasteiger partial charge in [0.15, 0.2) is 11.6 Å². The summed E-state index contributed by atoms with van der Waals surface area (Å²) in [4.78, 5) is 21.6. The Morgan fingerprint density at radius 1 is 1.27 bits per heavy atom. The van der Waals surface area contributed by atoms with Gasteiger partial charge < -0.3 is 10.6 Å². The van der Waals surface area contributed by atoms with Crippen molar-refractivity contribution >= 4 is 22.6 Å². The summed E-state index contributed by atoms with van der Waals surface area (Å²) >= 11 is 0. The number of rotatable bonds is 2. The standard InChI is InChI=1S/C15H16F2N4O/c1-8-2-3-9(14(18)22)6-21(8)15-10-4-11(16)12(17)5-13(10)19-7-20-15/h4-5,7-9H,2-3,6H2,1H3,(H2,18,22). The van der Waals surface area contributed by atoms with Gasteiger partial charge in [-0.2, -0.15) is 0 Å². The zero-order valence-corrected chi connectivity index (χ0v) is 12.1. The van der Waals surface area contributed by atoms with E-state index in [4.69, 9.17) is 5.73 Å². The molecule has 2 heterocycles. The number of anilines is 1. The molecule has 1 amide bonds. The quantitative estimate of drug-likeness (QED) is 0.921. The van der Waals surface area contributed by atoms with E-state index >= 15 is 0 Å². The average molecular weight is 306 g/mol. The zero-order chi connectivity index (χ0) is 15.9. The molecule has 5 nitrogen and oxygen atoms in total. The number of primary amides is 1. The largest absolute Gasteiger partial charge is 0.369 e. The minimum Gasteiger partial charge on any atom is -0.369 e. The molecule has 1 aliphatic rings. The van der Waals surface area contributed by atoms with E-state index < -0.39 is 11.6 Å². The molecule has 1 fully saturated rings. The first-order valence-corrected chi connectivity index (χ1v) is 7.13. The number of carbonyl (C=O) groups excluding carboxylic acids is 1. The number of nitrogens with zero attached hydrogens (tertiary/aromatic N) is 3. The SMILES string of the molecule is CC1CCC(C(N)=O)CN1c1ncnc2cc(F)c(F)cc12. The van der Waals surface area contributed by atoms with E-state index in [1.165, 1.54) is 6.33 Å². The number of carbonyl (C=O) groups is 1. The van der Waals surface area contributed by atoms with Crippen LogP contribution in [-0.4, -0.2) is 28.5 Å². The molecule has 0 radical (unpaired) electrons. The van der Waals surface area contributed by atoms with Crippen LogP contribution < -0.4 is 10.6 Å². The summed E-state index contributed by atoms with van der Waals surface area (Å²) in [5.74, 6) is -2.01. The van der Waals surface area contributed by atoms with Crippen molar-refractivity contribution in [1.29, 1.82) is 0 Å². The summed E-state index contributed by atoms with van der Waals surface area (Å²) in [6.07, 6.45) is 2.82. The molecule has 0 bridgehead atoms. The van der Waals surface area contributed by atoms with Crippen molar-refractivity contribution < 1.29 is 13.6 Å². The number of hydrogen-bond acceptors (Lipinski definition) is 4. The third-order valence-corrected chi connectivity index (χ3v) is 4.21. The van der Waals surface area contributed by atoms with Crippen LogP contribution >= 0.6 is 0 Å². The molecule has 0 saturated carbocycles. The summed E-state index contributed by atoms with van der Waals surface area (Å²) in [6.45, 7) is 2.42. The maximum Gasteiger partial charge on any atom is 0.222 e. The molecule has 2 atom stereocenters. The molecule has 2 unspecified atom stereocenters. The lowest BCUT2D eigenvalue weighted by atomic mass is 9.92.